The normalized spacial score (nSPS) is 24.8. The Morgan fingerprint density at radius 3 is 1.57 bits per heavy atom. The van der Waals surface area contributed by atoms with Crippen molar-refractivity contribution in [2.24, 2.45) is 5.92 Å². The van der Waals surface area contributed by atoms with Gasteiger partial charge in [-0.1, -0.05) is 133 Å². The third-order valence-electron chi connectivity index (χ3n) is 9.88. The van der Waals surface area contributed by atoms with E-state index in [9.17, 15) is 9.59 Å². The van der Waals surface area contributed by atoms with E-state index in [0.717, 1.165) is 22.3 Å². The first kappa shape index (κ1) is 42.9. The second-order valence-electron chi connectivity index (χ2n) is 14.3. The smallest absolute Gasteiger partial charge is 0.303 e. The number of carbonyl (C=O) groups excluding carboxylic acids is 2. The van der Waals surface area contributed by atoms with Crippen LogP contribution in [-0.2, 0) is 78.6 Å². The van der Waals surface area contributed by atoms with Gasteiger partial charge in [0.05, 0.1) is 39.0 Å². The molecule has 1 fully saturated rings. The van der Waals surface area contributed by atoms with Gasteiger partial charge in [0.15, 0.2) is 6.29 Å². The third-order valence-corrected chi connectivity index (χ3v) is 9.88. The molecule has 2 aliphatic rings. The molecule has 11 heteroatoms. The number of hydrogen-bond donors (Lipinski definition) is 0. The van der Waals surface area contributed by atoms with Gasteiger partial charge in [0, 0.05) is 20.5 Å². The first-order chi connectivity index (χ1) is 28.4. The van der Waals surface area contributed by atoms with Crippen LogP contribution in [0.3, 0.4) is 0 Å². The molecule has 0 unspecified atom stereocenters. The van der Waals surface area contributed by atoms with Gasteiger partial charge in [-0.2, -0.15) is 0 Å². The van der Waals surface area contributed by atoms with E-state index in [-0.39, 0.29) is 33.0 Å². The summed E-state index contributed by atoms with van der Waals surface area (Å²) in [6.07, 6.45) is -2.70. The lowest BCUT2D eigenvalue weighted by Gasteiger charge is -2.49. The quantitative estimate of drug-likeness (QED) is 0.0671. The molecule has 0 amide bonds. The summed E-state index contributed by atoms with van der Waals surface area (Å²) < 4.78 is 58.1. The highest BCUT2D eigenvalue weighted by Gasteiger charge is 2.54. The van der Waals surface area contributed by atoms with Gasteiger partial charge >= 0.3 is 11.9 Å². The van der Waals surface area contributed by atoms with Gasteiger partial charge < -0.3 is 42.6 Å². The topological polar surface area (TPSA) is 117 Å². The molecule has 58 heavy (non-hydrogen) atoms. The maximum absolute atomic E-state index is 13.1. The first-order valence-corrected chi connectivity index (χ1v) is 19.9. The molecule has 2 heterocycles. The Balaban J connectivity index is 1.41. The van der Waals surface area contributed by atoms with Crippen LogP contribution in [0.4, 0.5) is 0 Å². The van der Waals surface area contributed by atoms with Crippen LogP contribution in [0, 0.1) is 5.92 Å². The molecule has 308 valence electrons. The minimum atomic E-state index is -0.990. The average Bonchev–Trinajstić information content (AvgIpc) is 3.24. The lowest BCUT2D eigenvalue weighted by Crippen LogP contribution is -2.65. The zero-order valence-corrected chi connectivity index (χ0v) is 33.3. The highest BCUT2D eigenvalue weighted by molar-refractivity contribution is 5.66. The molecule has 0 radical (unpaired) electrons. The molecule has 2 aliphatic heterocycles. The molecule has 1 saturated heterocycles. The van der Waals surface area contributed by atoms with Gasteiger partial charge in [-0.25, -0.2) is 0 Å². The van der Waals surface area contributed by atoms with E-state index in [2.05, 4.69) is 0 Å². The molecule has 0 N–H and O–H groups in total. The number of benzene rings is 4. The van der Waals surface area contributed by atoms with Crippen molar-refractivity contribution in [3.8, 4) is 0 Å². The number of rotatable bonds is 20. The van der Waals surface area contributed by atoms with Gasteiger partial charge in [-0.3, -0.25) is 9.59 Å². The summed E-state index contributed by atoms with van der Waals surface area (Å²) in [5.74, 6) is -1.61. The Kier molecular flexibility index (Phi) is 16.6. The van der Waals surface area contributed by atoms with Crippen molar-refractivity contribution in [2.45, 2.75) is 96.2 Å². The molecular formula is C47H54O11. The molecule has 0 bridgehead atoms. The molecule has 4 aromatic carbocycles. The zero-order chi connectivity index (χ0) is 40.5. The monoisotopic (exact) mass is 794 g/mol. The molecule has 0 aromatic heterocycles. The van der Waals surface area contributed by atoms with Crippen LogP contribution < -0.4 is 0 Å². The average molecular weight is 795 g/mol. The number of esters is 2. The Hall–Kier alpha value is -4.72. The van der Waals surface area contributed by atoms with Crippen LogP contribution in [0.25, 0.3) is 0 Å². The predicted octanol–water partition coefficient (Wildman–Crippen LogP) is 7.16. The van der Waals surface area contributed by atoms with Crippen molar-refractivity contribution in [3.63, 3.8) is 0 Å². The van der Waals surface area contributed by atoms with E-state index in [1.807, 2.05) is 134 Å². The second kappa shape index (κ2) is 22.4. The molecule has 0 saturated carbocycles. The van der Waals surface area contributed by atoms with Crippen molar-refractivity contribution in [1.29, 1.82) is 0 Å². The van der Waals surface area contributed by atoms with Crippen LogP contribution in [0.15, 0.2) is 133 Å². The van der Waals surface area contributed by atoms with Crippen LogP contribution in [0.5, 0.6) is 0 Å². The summed E-state index contributed by atoms with van der Waals surface area (Å²) in [6, 6.07) is 39.5. The lowest BCUT2D eigenvalue weighted by molar-refractivity contribution is -0.299. The van der Waals surface area contributed by atoms with Crippen molar-refractivity contribution in [1.82, 2.24) is 0 Å². The summed E-state index contributed by atoms with van der Waals surface area (Å²) in [7, 11) is 0. The minimum Gasteiger partial charge on any atom is -0.463 e. The van der Waals surface area contributed by atoms with Gasteiger partial charge in [-0.15, -0.1) is 0 Å². The summed E-state index contributed by atoms with van der Waals surface area (Å²) in [6.45, 7) is 6.05. The van der Waals surface area contributed by atoms with Gasteiger partial charge in [-0.05, 0) is 29.2 Å². The summed E-state index contributed by atoms with van der Waals surface area (Å²) in [5.41, 5.74) is 3.87. The van der Waals surface area contributed by atoms with E-state index >= 15 is 0 Å². The third kappa shape index (κ3) is 12.6. The van der Waals surface area contributed by atoms with E-state index in [1.54, 1.807) is 6.08 Å². The molecule has 0 spiro atoms. The van der Waals surface area contributed by atoms with E-state index in [1.165, 1.54) is 13.8 Å². The van der Waals surface area contributed by atoms with E-state index < -0.39 is 66.9 Å². The zero-order valence-electron chi connectivity index (χ0n) is 33.3. The Bertz CT molecular complexity index is 1820. The fourth-order valence-corrected chi connectivity index (χ4v) is 7.17. The SMILES string of the molecule is CCO[C@@H]1O[C@@H](COC(C)=O)C=C[C@H]1[C@@H](OC(C)=O)[C@@H]1O[C@H](COCc2ccccc2)[C@@H](OCc2ccccc2)[C@H](OCc2ccccc2)[C@H]1OCc1ccccc1. The first-order valence-electron chi connectivity index (χ1n) is 19.9. The number of carbonyl (C=O) groups is 2. The maximum atomic E-state index is 13.1. The van der Waals surface area contributed by atoms with Crippen molar-refractivity contribution in [2.75, 3.05) is 19.8 Å². The van der Waals surface area contributed by atoms with Crippen molar-refractivity contribution < 1.29 is 52.2 Å². The predicted molar refractivity (Wildman–Crippen MR) is 215 cm³/mol. The molecule has 11 nitrogen and oxygen atoms in total. The largest absolute Gasteiger partial charge is 0.463 e. The lowest BCUT2D eigenvalue weighted by atomic mass is 9.85. The number of ether oxygens (including phenoxy) is 9. The highest BCUT2D eigenvalue weighted by atomic mass is 16.7. The summed E-state index contributed by atoms with van der Waals surface area (Å²) >= 11 is 0. The molecular weight excluding hydrogens is 741 g/mol. The molecule has 4 aromatic rings. The molecule has 6 rings (SSSR count). The second-order valence-corrected chi connectivity index (χ2v) is 14.3. The fraction of sp³-hybridized carbons (Fsp3) is 0.404. The Morgan fingerprint density at radius 1 is 0.569 bits per heavy atom. The van der Waals surface area contributed by atoms with Crippen molar-refractivity contribution in [3.05, 3.63) is 156 Å². The summed E-state index contributed by atoms with van der Waals surface area (Å²) in [4.78, 5) is 24.8. The summed E-state index contributed by atoms with van der Waals surface area (Å²) in [5, 5.41) is 0. The minimum absolute atomic E-state index is 0.000238. The standard InChI is InChI=1S/C47H54O11/c1-4-51-47-40(26-25-39(57-47)31-52-33(2)48)42(56-34(3)49)46-45(55-30-38-23-15-8-16-24-38)44(54-29-37-21-13-7-14-22-37)43(53-28-36-19-11-6-12-20-36)41(58-46)32-50-27-35-17-9-5-10-18-35/h5-26,39-47H,4,27-32H2,1-3H3/t39-,40+,41-,42-,43-,44+,45-,46+,47-/m1/s1. The fourth-order valence-electron chi connectivity index (χ4n) is 7.17. The van der Waals surface area contributed by atoms with Gasteiger partial charge in [0.25, 0.3) is 0 Å². The van der Waals surface area contributed by atoms with Crippen LogP contribution in [0.1, 0.15) is 43.0 Å². The van der Waals surface area contributed by atoms with Gasteiger partial charge in [0.2, 0.25) is 0 Å². The Morgan fingerprint density at radius 2 is 1.07 bits per heavy atom. The van der Waals surface area contributed by atoms with Gasteiger partial charge in [0.1, 0.15) is 49.3 Å². The van der Waals surface area contributed by atoms with E-state index in [4.69, 9.17) is 42.6 Å². The maximum Gasteiger partial charge on any atom is 0.303 e. The van der Waals surface area contributed by atoms with E-state index in [0.29, 0.717) is 13.2 Å². The van der Waals surface area contributed by atoms with Crippen LogP contribution in [-0.4, -0.2) is 80.8 Å². The highest BCUT2D eigenvalue weighted by Crippen LogP contribution is 2.38. The number of hydrogen-bond acceptors (Lipinski definition) is 11. The van der Waals surface area contributed by atoms with Crippen molar-refractivity contribution >= 4 is 11.9 Å². The molecule has 9 atom stereocenters. The van der Waals surface area contributed by atoms with Crippen LogP contribution >= 0.6 is 0 Å². The molecule has 0 aliphatic carbocycles. The van der Waals surface area contributed by atoms with Crippen LogP contribution in [0.2, 0.25) is 0 Å². The Labute approximate surface area is 341 Å².